The number of aryl methyl sites for hydroxylation is 1. The van der Waals surface area contributed by atoms with Crippen molar-refractivity contribution in [2.24, 2.45) is 7.05 Å². The van der Waals surface area contributed by atoms with Crippen molar-refractivity contribution in [3.8, 4) is 17.0 Å². The smallest absolute Gasteiger partial charge is 0.121 e. The van der Waals surface area contributed by atoms with E-state index in [2.05, 4.69) is 17.0 Å². The average Bonchev–Trinajstić information content (AvgIpc) is 2.79. The van der Waals surface area contributed by atoms with Crippen molar-refractivity contribution in [2.75, 3.05) is 25.9 Å². The van der Waals surface area contributed by atoms with Crippen LogP contribution in [0, 0.1) is 0 Å². The molecule has 0 aliphatic carbocycles. The highest BCUT2D eigenvalue weighted by atomic mass is 16.5. The van der Waals surface area contributed by atoms with Gasteiger partial charge >= 0.3 is 0 Å². The molecule has 112 valence electrons. The van der Waals surface area contributed by atoms with Crippen LogP contribution >= 0.6 is 0 Å². The third kappa shape index (κ3) is 3.19. The van der Waals surface area contributed by atoms with Crippen molar-refractivity contribution in [2.45, 2.75) is 18.9 Å². The maximum Gasteiger partial charge on any atom is 0.121 e. The summed E-state index contributed by atoms with van der Waals surface area (Å²) in [6.45, 7) is 2.17. The van der Waals surface area contributed by atoms with Crippen LogP contribution in [0.1, 0.15) is 12.8 Å². The molecule has 1 atom stereocenters. The lowest BCUT2D eigenvalue weighted by Crippen LogP contribution is -2.38. The fourth-order valence-corrected chi connectivity index (χ4v) is 2.73. The molecule has 1 aliphatic heterocycles. The third-order valence-corrected chi connectivity index (χ3v) is 3.95. The predicted octanol–water partition coefficient (Wildman–Crippen LogP) is 2.14. The Kier molecular flexibility index (Phi) is 3.84. The number of nitrogens with two attached hydrogens (primary N) is 1. The Labute approximate surface area is 125 Å². The molecular formula is C16H22N4O. The summed E-state index contributed by atoms with van der Waals surface area (Å²) >= 11 is 0. The lowest BCUT2D eigenvalue weighted by molar-refractivity contribution is 0.104. The van der Waals surface area contributed by atoms with Crippen molar-refractivity contribution in [3.05, 3.63) is 30.3 Å². The summed E-state index contributed by atoms with van der Waals surface area (Å²) in [6.07, 6.45) is 2.62. The molecule has 1 aromatic carbocycles. The lowest BCUT2D eigenvalue weighted by atomic mass is 10.1. The molecule has 0 saturated carbocycles. The molecule has 0 bridgehead atoms. The standard InChI is InChI=1S/C16H22N4O/c1-19-9-3-4-14(11-19)21-13-7-5-12(6-8-13)15-10-16(17)20(2)18-15/h5-8,10,14H,3-4,9,11,17H2,1-2H3. The Bertz CT molecular complexity index is 586. The molecule has 21 heavy (non-hydrogen) atoms. The number of hydrogen-bond donors (Lipinski definition) is 1. The summed E-state index contributed by atoms with van der Waals surface area (Å²) in [5.41, 5.74) is 7.75. The van der Waals surface area contributed by atoms with E-state index in [1.807, 2.05) is 37.4 Å². The predicted molar refractivity (Wildman–Crippen MR) is 84.2 cm³/mol. The third-order valence-electron chi connectivity index (χ3n) is 3.95. The zero-order chi connectivity index (χ0) is 14.8. The number of nitrogens with zero attached hydrogens (tertiary/aromatic N) is 3. The second-order valence-corrected chi connectivity index (χ2v) is 5.75. The van der Waals surface area contributed by atoms with E-state index in [-0.39, 0.29) is 0 Å². The molecule has 1 saturated heterocycles. The number of likely N-dealkylation sites (tertiary alicyclic amines) is 1. The van der Waals surface area contributed by atoms with Crippen molar-refractivity contribution >= 4 is 5.82 Å². The van der Waals surface area contributed by atoms with Gasteiger partial charge < -0.3 is 15.4 Å². The van der Waals surface area contributed by atoms with Gasteiger partial charge in [0.05, 0.1) is 5.69 Å². The van der Waals surface area contributed by atoms with Crippen LogP contribution in [0.5, 0.6) is 5.75 Å². The average molecular weight is 286 g/mol. The number of nitrogen functional groups attached to an aromatic ring is 1. The highest BCUT2D eigenvalue weighted by Crippen LogP contribution is 2.24. The maximum absolute atomic E-state index is 6.05. The molecule has 3 rings (SSSR count). The molecule has 0 amide bonds. The minimum Gasteiger partial charge on any atom is -0.489 e. The number of anilines is 1. The zero-order valence-electron chi connectivity index (χ0n) is 12.6. The molecule has 5 heteroatoms. The SMILES string of the molecule is CN1CCCC(Oc2ccc(-c3cc(N)n(C)n3)cc2)C1. The molecule has 1 fully saturated rings. The lowest BCUT2D eigenvalue weighted by Gasteiger charge is -2.30. The molecule has 0 radical (unpaired) electrons. The first-order chi connectivity index (χ1) is 10.1. The number of benzene rings is 1. The fraction of sp³-hybridized carbons (Fsp3) is 0.438. The monoisotopic (exact) mass is 286 g/mol. The van der Waals surface area contributed by atoms with Gasteiger partial charge in [-0.3, -0.25) is 4.68 Å². The Morgan fingerprint density at radius 1 is 1.24 bits per heavy atom. The second-order valence-electron chi connectivity index (χ2n) is 5.75. The van der Waals surface area contributed by atoms with Crippen LogP contribution in [-0.4, -0.2) is 40.9 Å². The van der Waals surface area contributed by atoms with Gasteiger partial charge in [0.1, 0.15) is 17.7 Å². The van der Waals surface area contributed by atoms with Crippen LogP contribution in [0.25, 0.3) is 11.3 Å². The number of hydrogen-bond acceptors (Lipinski definition) is 4. The van der Waals surface area contributed by atoms with Crippen molar-refractivity contribution < 1.29 is 4.74 Å². The van der Waals surface area contributed by atoms with Gasteiger partial charge in [0.2, 0.25) is 0 Å². The number of rotatable bonds is 3. The van der Waals surface area contributed by atoms with Crippen LogP contribution in [0.3, 0.4) is 0 Å². The van der Waals surface area contributed by atoms with E-state index in [0.29, 0.717) is 11.9 Å². The number of piperidine rings is 1. The van der Waals surface area contributed by atoms with Crippen LogP contribution in [0.2, 0.25) is 0 Å². The van der Waals surface area contributed by atoms with E-state index >= 15 is 0 Å². The second kappa shape index (κ2) is 5.77. The summed E-state index contributed by atoms with van der Waals surface area (Å²) in [5, 5.41) is 4.38. The molecule has 2 aromatic rings. The Balaban J connectivity index is 1.69. The van der Waals surface area contributed by atoms with Crippen molar-refractivity contribution in [1.29, 1.82) is 0 Å². The summed E-state index contributed by atoms with van der Waals surface area (Å²) in [6, 6.07) is 9.96. The first-order valence-corrected chi connectivity index (χ1v) is 7.37. The first-order valence-electron chi connectivity index (χ1n) is 7.37. The van der Waals surface area contributed by atoms with Crippen LogP contribution in [-0.2, 0) is 7.05 Å². The quantitative estimate of drug-likeness (QED) is 0.939. The highest BCUT2D eigenvalue weighted by Gasteiger charge is 2.18. The first kappa shape index (κ1) is 13.9. The number of ether oxygens (including phenoxy) is 1. The summed E-state index contributed by atoms with van der Waals surface area (Å²) in [7, 11) is 3.99. The molecule has 1 unspecified atom stereocenters. The van der Waals surface area contributed by atoms with E-state index in [1.54, 1.807) is 4.68 Å². The molecule has 2 heterocycles. The van der Waals surface area contributed by atoms with E-state index in [1.165, 1.54) is 13.0 Å². The molecule has 0 spiro atoms. The van der Waals surface area contributed by atoms with Crippen LogP contribution in [0.15, 0.2) is 30.3 Å². The van der Waals surface area contributed by atoms with Gasteiger partial charge in [-0.1, -0.05) is 0 Å². The largest absolute Gasteiger partial charge is 0.489 e. The zero-order valence-corrected chi connectivity index (χ0v) is 12.6. The number of likely N-dealkylation sites (N-methyl/N-ethyl adjacent to an activating group) is 1. The van der Waals surface area contributed by atoms with E-state index < -0.39 is 0 Å². The molecule has 5 nitrogen and oxygen atoms in total. The van der Waals surface area contributed by atoms with E-state index in [9.17, 15) is 0 Å². The minimum atomic E-state index is 0.292. The van der Waals surface area contributed by atoms with Crippen molar-refractivity contribution in [1.82, 2.24) is 14.7 Å². The highest BCUT2D eigenvalue weighted by molar-refractivity contribution is 5.63. The molecular weight excluding hydrogens is 264 g/mol. The molecule has 2 N–H and O–H groups in total. The fourth-order valence-electron chi connectivity index (χ4n) is 2.73. The van der Waals surface area contributed by atoms with Gasteiger partial charge in [-0.25, -0.2) is 0 Å². The van der Waals surface area contributed by atoms with Crippen molar-refractivity contribution in [3.63, 3.8) is 0 Å². The summed E-state index contributed by atoms with van der Waals surface area (Å²) in [4.78, 5) is 2.32. The van der Waals surface area contributed by atoms with Gasteiger partial charge in [-0.05, 0) is 50.7 Å². The Morgan fingerprint density at radius 3 is 2.62 bits per heavy atom. The van der Waals surface area contributed by atoms with Gasteiger partial charge in [0.25, 0.3) is 0 Å². The summed E-state index contributed by atoms with van der Waals surface area (Å²) in [5.74, 6) is 1.58. The topological polar surface area (TPSA) is 56.3 Å². The van der Waals surface area contributed by atoms with E-state index in [0.717, 1.165) is 30.0 Å². The van der Waals surface area contributed by atoms with Crippen LogP contribution in [0.4, 0.5) is 5.82 Å². The molecule has 1 aliphatic rings. The van der Waals surface area contributed by atoms with Crippen LogP contribution < -0.4 is 10.5 Å². The molecule has 1 aromatic heterocycles. The Morgan fingerprint density at radius 2 is 2.00 bits per heavy atom. The normalized spacial score (nSPS) is 19.6. The van der Waals surface area contributed by atoms with Gasteiger partial charge in [-0.2, -0.15) is 5.10 Å². The Hall–Kier alpha value is -2.01. The number of aromatic nitrogens is 2. The summed E-state index contributed by atoms with van der Waals surface area (Å²) < 4.78 is 7.73. The van der Waals surface area contributed by atoms with Gasteiger partial charge in [-0.15, -0.1) is 0 Å². The van der Waals surface area contributed by atoms with E-state index in [4.69, 9.17) is 10.5 Å². The maximum atomic E-state index is 6.05. The van der Waals surface area contributed by atoms with Gasteiger partial charge in [0, 0.05) is 25.2 Å². The van der Waals surface area contributed by atoms with Gasteiger partial charge in [0.15, 0.2) is 0 Å². The minimum absolute atomic E-state index is 0.292.